The summed E-state index contributed by atoms with van der Waals surface area (Å²) in [5, 5.41) is 0. The van der Waals surface area contributed by atoms with Crippen LogP contribution < -0.4 is 4.74 Å². The average molecular weight is 204 g/mol. The van der Waals surface area contributed by atoms with Gasteiger partial charge in [0.05, 0.1) is 6.20 Å². The lowest BCUT2D eigenvalue weighted by molar-refractivity contribution is 0.176. The third-order valence-corrected chi connectivity index (χ3v) is 3.64. The van der Waals surface area contributed by atoms with Crippen molar-refractivity contribution in [3.63, 3.8) is 0 Å². The summed E-state index contributed by atoms with van der Waals surface area (Å²) < 4.78 is 5.73. The molecule has 1 saturated heterocycles. The summed E-state index contributed by atoms with van der Waals surface area (Å²) in [6.07, 6.45) is 6.25. The molecule has 0 bridgehead atoms. The highest BCUT2D eigenvalue weighted by Gasteiger charge is 2.50. The summed E-state index contributed by atoms with van der Waals surface area (Å²) in [4.78, 5) is 6.51. The van der Waals surface area contributed by atoms with Crippen LogP contribution in [0.3, 0.4) is 0 Å². The molecule has 1 saturated carbocycles. The number of likely N-dealkylation sites (tertiary alicyclic amines) is 1. The van der Waals surface area contributed by atoms with Crippen molar-refractivity contribution in [3.8, 4) is 5.75 Å². The number of rotatable bonds is 3. The molecule has 3 rings (SSSR count). The summed E-state index contributed by atoms with van der Waals surface area (Å²) in [6, 6.07) is 5.33. The van der Waals surface area contributed by atoms with Crippen LogP contribution in [0.4, 0.5) is 0 Å². The summed E-state index contributed by atoms with van der Waals surface area (Å²) in [5.41, 5.74) is 0. The van der Waals surface area contributed by atoms with Crippen LogP contribution in [-0.2, 0) is 0 Å². The highest BCUT2D eigenvalue weighted by Crippen LogP contribution is 2.46. The molecule has 0 N–H and O–H groups in total. The van der Waals surface area contributed by atoms with Gasteiger partial charge in [-0.15, -0.1) is 0 Å². The summed E-state index contributed by atoms with van der Waals surface area (Å²) >= 11 is 0. The predicted molar refractivity (Wildman–Crippen MR) is 57.8 cm³/mol. The monoisotopic (exact) mass is 204 g/mol. The zero-order valence-electron chi connectivity index (χ0n) is 8.97. The second-order valence-electron chi connectivity index (χ2n) is 4.62. The number of hydrogen-bond donors (Lipinski definition) is 0. The number of piperidine rings is 1. The second kappa shape index (κ2) is 3.49. The molecule has 3 heteroatoms. The molecule has 0 radical (unpaired) electrons. The van der Waals surface area contributed by atoms with E-state index in [-0.39, 0.29) is 0 Å². The highest BCUT2D eigenvalue weighted by atomic mass is 16.5. The van der Waals surface area contributed by atoms with Crippen LogP contribution in [0, 0.1) is 5.92 Å². The van der Waals surface area contributed by atoms with Crippen molar-refractivity contribution < 1.29 is 4.74 Å². The minimum atomic E-state index is 0.606. The van der Waals surface area contributed by atoms with E-state index < -0.39 is 0 Å². The average Bonchev–Trinajstić information content (AvgIpc) is 2.98. The van der Waals surface area contributed by atoms with Crippen molar-refractivity contribution in [3.05, 3.63) is 24.5 Å². The maximum atomic E-state index is 5.73. The Bertz CT molecular complexity index is 341. The quantitative estimate of drug-likeness (QED) is 0.747. The lowest BCUT2D eigenvalue weighted by Gasteiger charge is -2.22. The molecule has 2 fully saturated rings. The van der Waals surface area contributed by atoms with Crippen LogP contribution in [-0.4, -0.2) is 35.6 Å². The number of pyridine rings is 1. The van der Waals surface area contributed by atoms with E-state index >= 15 is 0 Å². The lowest BCUT2D eigenvalue weighted by atomic mass is 10.2. The van der Waals surface area contributed by atoms with Crippen molar-refractivity contribution in [1.82, 2.24) is 9.88 Å². The van der Waals surface area contributed by atoms with Gasteiger partial charge in [-0.05, 0) is 37.9 Å². The minimum absolute atomic E-state index is 0.606. The van der Waals surface area contributed by atoms with E-state index in [1.807, 2.05) is 12.1 Å². The Balaban J connectivity index is 1.54. The van der Waals surface area contributed by atoms with E-state index in [9.17, 15) is 0 Å². The molecule has 15 heavy (non-hydrogen) atoms. The molecule has 0 amide bonds. The number of ether oxygens (including phenoxy) is 1. The third kappa shape index (κ3) is 1.72. The van der Waals surface area contributed by atoms with Gasteiger partial charge in [-0.25, -0.2) is 0 Å². The molecule has 80 valence electrons. The Morgan fingerprint density at radius 3 is 3.13 bits per heavy atom. The van der Waals surface area contributed by atoms with Crippen molar-refractivity contribution in [1.29, 1.82) is 0 Å². The molecular weight excluding hydrogens is 188 g/mol. The Kier molecular flexibility index (Phi) is 2.13. The first-order valence-corrected chi connectivity index (χ1v) is 5.59. The van der Waals surface area contributed by atoms with Gasteiger partial charge in [-0.3, -0.25) is 9.88 Å². The number of nitrogens with zero attached hydrogens (tertiary/aromatic N) is 2. The van der Waals surface area contributed by atoms with Crippen LogP contribution >= 0.6 is 0 Å². The minimum Gasteiger partial charge on any atom is -0.490 e. The van der Waals surface area contributed by atoms with Gasteiger partial charge < -0.3 is 4.74 Å². The standard InChI is InChI=1S/C12H16N2O/c1-14-10(5-9-6-12(9)14)8-15-11-3-2-4-13-7-11/h2-4,7,9-10,12H,5-6,8H2,1H3/t9-,10-,12+/m0/s1. The molecule has 3 nitrogen and oxygen atoms in total. The van der Waals surface area contributed by atoms with Gasteiger partial charge in [0.2, 0.25) is 0 Å². The number of likely N-dealkylation sites (N-methyl/N-ethyl adjacent to an activating group) is 1. The molecule has 0 spiro atoms. The Morgan fingerprint density at radius 2 is 2.47 bits per heavy atom. The smallest absolute Gasteiger partial charge is 0.137 e. The zero-order chi connectivity index (χ0) is 10.3. The normalized spacial score (nSPS) is 33.8. The molecule has 3 atom stereocenters. The molecule has 1 aliphatic heterocycles. The summed E-state index contributed by atoms with van der Waals surface area (Å²) in [5.74, 6) is 1.84. The molecule has 2 aliphatic rings. The largest absolute Gasteiger partial charge is 0.490 e. The van der Waals surface area contributed by atoms with Crippen molar-refractivity contribution in [2.24, 2.45) is 5.92 Å². The first-order valence-electron chi connectivity index (χ1n) is 5.59. The van der Waals surface area contributed by atoms with Crippen LogP contribution in [0.1, 0.15) is 12.8 Å². The SMILES string of the molecule is CN1[C@H](COc2cccnc2)C[C@H]2C[C@H]21. The molecular formula is C12H16N2O. The first-order chi connectivity index (χ1) is 7.34. The number of hydrogen-bond acceptors (Lipinski definition) is 3. The molecule has 0 aromatic carbocycles. The van der Waals surface area contributed by atoms with E-state index in [0.717, 1.165) is 24.3 Å². The molecule has 1 aromatic heterocycles. The first kappa shape index (κ1) is 9.16. The van der Waals surface area contributed by atoms with Gasteiger partial charge in [0.15, 0.2) is 0 Å². The molecule has 1 aromatic rings. The molecule has 0 unspecified atom stereocenters. The number of aromatic nitrogens is 1. The van der Waals surface area contributed by atoms with E-state index in [1.165, 1.54) is 12.8 Å². The Morgan fingerprint density at radius 1 is 1.53 bits per heavy atom. The third-order valence-electron chi connectivity index (χ3n) is 3.64. The van der Waals surface area contributed by atoms with Gasteiger partial charge in [-0.1, -0.05) is 0 Å². The topological polar surface area (TPSA) is 25.4 Å². The second-order valence-corrected chi connectivity index (χ2v) is 4.62. The van der Waals surface area contributed by atoms with E-state index in [0.29, 0.717) is 6.04 Å². The number of fused-ring (bicyclic) bond motifs is 1. The van der Waals surface area contributed by atoms with Crippen molar-refractivity contribution in [2.75, 3.05) is 13.7 Å². The molecule has 2 heterocycles. The van der Waals surface area contributed by atoms with Crippen LogP contribution in [0.5, 0.6) is 5.75 Å². The van der Waals surface area contributed by atoms with E-state index in [1.54, 1.807) is 12.4 Å². The van der Waals surface area contributed by atoms with E-state index in [4.69, 9.17) is 4.74 Å². The van der Waals surface area contributed by atoms with Gasteiger partial charge >= 0.3 is 0 Å². The zero-order valence-corrected chi connectivity index (χ0v) is 8.97. The van der Waals surface area contributed by atoms with Gasteiger partial charge in [0.25, 0.3) is 0 Å². The Labute approximate surface area is 90.1 Å². The predicted octanol–water partition coefficient (Wildman–Crippen LogP) is 1.55. The molecule has 1 aliphatic carbocycles. The van der Waals surface area contributed by atoms with Crippen molar-refractivity contribution >= 4 is 0 Å². The van der Waals surface area contributed by atoms with Gasteiger partial charge in [0, 0.05) is 18.3 Å². The summed E-state index contributed by atoms with van der Waals surface area (Å²) in [6.45, 7) is 0.801. The van der Waals surface area contributed by atoms with Gasteiger partial charge in [-0.2, -0.15) is 0 Å². The van der Waals surface area contributed by atoms with Gasteiger partial charge in [0.1, 0.15) is 12.4 Å². The maximum Gasteiger partial charge on any atom is 0.137 e. The summed E-state index contributed by atoms with van der Waals surface area (Å²) in [7, 11) is 2.22. The van der Waals surface area contributed by atoms with Crippen LogP contribution in [0.15, 0.2) is 24.5 Å². The fraction of sp³-hybridized carbons (Fsp3) is 0.583. The Hall–Kier alpha value is -1.09. The maximum absolute atomic E-state index is 5.73. The van der Waals surface area contributed by atoms with E-state index in [2.05, 4.69) is 16.9 Å². The lowest BCUT2D eigenvalue weighted by Crippen LogP contribution is -2.33. The van der Waals surface area contributed by atoms with Crippen LogP contribution in [0.2, 0.25) is 0 Å². The fourth-order valence-corrected chi connectivity index (χ4v) is 2.58. The van der Waals surface area contributed by atoms with Crippen LogP contribution in [0.25, 0.3) is 0 Å². The fourth-order valence-electron chi connectivity index (χ4n) is 2.58. The van der Waals surface area contributed by atoms with Crippen molar-refractivity contribution in [2.45, 2.75) is 24.9 Å². The highest BCUT2D eigenvalue weighted by molar-refractivity contribution is 5.15.